The highest BCUT2D eigenvalue weighted by Gasteiger charge is 2.29. The minimum atomic E-state index is 0.170. The van der Waals surface area contributed by atoms with E-state index in [1.807, 2.05) is 24.3 Å². The molecule has 0 aliphatic heterocycles. The Balaban J connectivity index is 2.00. The maximum Gasteiger partial charge on any atom is 0.177 e. The number of nitrogens with one attached hydrogen (secondary N) is 1. The summed E-state index contributed by atoms with van der Waals surface area (Å²) in [4.78, 5) is 8.71. The third-order valence-electron chi connectivity index (χ3n) is 3.70. The Hall–Kier alpha value is -2.99. The maximum absolute atomic E-state index is 5.24. The molecular weight excluding hydrogens is 260 g/mol. The fourth-order valence-corrected chi connectivity index (χ4v) is 2.86. The first-order chi connectivity index (χ1) is 10.4. The third kappa shape index (κ3) is 1.66. The van der Waals surface area contributed by atoms with Crippen molar-refractivity contribution in [3.05, 3.63) is 59.7 Å². The zero-order valence-corrected chi connectivity index (χ0v) is 11.3. The minimum absolute atomic E-state index is 0.170. The van der Waals surface area contributed by atoms with Crippen LogP contribution in [0.15, 0.2) is 53.7 Å². The van der Waals surface area contributed by atoms with Gasteiger partial charge in [0.05, 0.1) is 5.69 Å². The lowest BCUT2D eigenvalue weighted by Gasteiger charge is -2.02. The Morgan fingerprint density at radius 3 is 2.67 bits per heavy atom. The van der Waals surface area contributed by atoms with Gasteiger partial charge >= 0.3 is 0 Å². The van der Waals surface area contributed by atoms with E-state index in [-0.39, 0.29) is 6.61 Å². The Morgan fingerprint density at radius 2 is 1.81 bits per heavy atom. The van der Waals surface area contributed by atoms with Crippen LogP contribution in [-0.4, -0.2) is 17.3 Å². The van der Waals surface area contributed by atoms with Crippen molar-refractivity contribution >= 4 is 16.6 Å². The summed E-state index contributed by atoms with van der Waals surface area (Å²) in [6.45, 7) is 0.170. The second kappa shape index (κ2) is 4.53. The lowest BCUT2D eigenvalue weighted by Crippen LogP contribution is -2.00. The van der Waals surface area contributed by atoms with E-state index in [4.69, 9.17) is 11.3 Å². The number of aromatic amines is 1. The predicted molar refractivity (Wildman–Crippen MR) is 84.2 cm³/mol. The fourth-order valence-electron chi connectivity index (χ4n) is 2.86. The Kier molecular flexibility index (Phi) is 2.55. The molecule has 4 rings (SSSR count). The van der Waals surface area contributed by atoms with Crippen LogP contribution in [0.1, 0.15) is 11.1 Å². The van der Waals surface area contributed by atoms with Crippen LogP contribution in [0.3, 0.4) is 0 Å². The van der Waals surface area contributed by atoms with E-state index in [9.17, 15) is 0 Å². The third-order valence-corrected chi connectivity index (χ3v) is 3.70. The molecule has 0 atom stereocenters. The summed E-state index contributed by atoms with van der Waals surface area (Å²) in [6, 6.07) is 16.4. The van der Waals surface area contributed by atoms with Gasteiger partial charge in [0.2, 0.25) is 0 Å². The summed E-state index contributed by atoms with van der Waals surface area (Å²) in [5, 5.41) is 5.42. The van der Waals surface area contributed by atoms with Gasteiger partial charge in [-0.05, 0) is 6.07 Å². The topological polar surface area (TPSA) is 37.4 Å². The van der Waals surface area contributed by atoms with Gasteiger partial charge in [0.1, 0.15) is 5.71 Å². The number of rotatable bonds is 2. The molecule has 21 heavy (non-hydrogen) atoms. The van der Waals surface area contributed by atoms with Crippen molar-refractivity contribution in [2.24, 2.45) is 5.16 Å². The number of H-pyrrole nitrogens is 1. The Morgan fingerprint density at radius 1 is 1.05 bits per heavy atom. The second-order valence-electron chi connectivity index (χ2n) is 4.88. The lowest BCUT2D eigenvalue weighted by molar-refractivity contribution is 0.180. The smallest absolute Gasteiger partial charge is 0.177 e. The Bertz CT molecular complexity index is 912. The van der Waals surface area contributed by atoms with Crippen molar-refractivity contribution in [3.8, 4) is 23.6 Å². The van der Waals surface area contributed by atoms with Crippen LogP contribution in [0.4, 0.5) is 0 Å². The summed E-state index contributed by atoms with van der Waals surface area (Å²) in [5.41, 5.74) is 6.34. The number of nitrogens with zero attached hydrogens (tertiary/aromatic N) is 1. The quantitative estimate of drug-likeness (QED) is 0.338. The highest BCUT2D eigenvalue weighted by Crippen LogP contribution is 2.40. The molecule has 1 aliphatic carbocycles. The van der Waals surface area contributed by atoms with Gasteiger partial charge in [-0.25, -0.2) is 0 Å². The molecule has 1 aromatic heterocycles. The molecule has 100 valence electrons. The van der Waals surface area contributed by atoms with Gasteiger partial charge in [-0.15, -0.1) is 6.42 Å². The number of fused-ring (bicyclic) bond motifs is 5. The van der Waals surface area contributed by atoms with Crippen LogP contribution >= 0.6 is 0 Å². The molecule has 1 aliphatic rings. The molecule has 3 heteroatoms. The number of oxime groups is 1. The molecule has 0 amide bonds. The van der Waals surface area contributed by atoms with E-state index in [0.717, 1.165) is 39.0 Å². The summed E-state index contributed by atoms with van der Waals surface area (Å²) in [7, 11) is 0. The summed E-state index contributed by atoms with van der Waals surface area (Å²) >= 11 is 0. The molecule has 0 saturated carbocycles. The summed E-state index contributed by atoms with van der Waals surface area (Å²) < 4.78 is 0. The normalized spacial score (nSPS) is 14.0. The van der Waals surface area contributed by atoms with Crippen molar-refractivity contribution in [1.82, 2.24) is 4.98 Å². The van der Waals surface area contributed by atoms with Crippen LogP contribution in [0.25, 0.3) is 22.2 Å². The number of benzene rings is 2. The molecule has 0 radical (unpaired) electrons. The van der Waals surface area contributed by atoms with Crippen molar-refractivity contribution < 1.29 is 4.84 Å². The van der Waals surface area contributed by atoms with Gasteiger partial charge in [-0.3, -0.25) is 0 Å². The number of hydrogen-bond donors (Lipinski definition) is 1. The molecular formula is C18H12N2O. The molecule has 0 fully saturated rings. The first-order valence-electron chi connectivity index (χ1n) is 6.74. The summed E-state index contributed by atoms with van der Waals surface area (Å²) in [6.07, 6.45) is 5.22. The predicted octanol–water partition coefficient (Wildman–Crippen LogP) is 3.55. The van der Waals surface area contributed by atoms with Crippen molar-refractivity contribution in [1.29, 1.82) is 0 Å². The monoisotopic (exact) mass is 272 g/mol. The van der Waals surface area contributed by atoms with Gasteiger partial charge in [0, 0.05) is 27.6 Å². The first kappa shape index (κ1) is 11.8. The van der Waals surface area contributed by atoms with Crippen molar-refractivity contribution in [2.75, 3.05) is 6.61 Å². The number of terminal acetylenes is 1. The Labute approximate surface area is 122 Å². The molecule has 2 aromatic carbocycles. The van der Waals surface area contributed by atoms with Crippen LogP contribution in [-0.2, 0) is 4.84 Å². The van der Waals surface area contributed by atoms with E-state index >= 15 is 0 Å². The average Bonchev–Trinajstić information content (AvgIpc) is 3.04. The van der Waals surface area contributed by atoms with Gasteiger partial charge < -0.3 is 9.82 Å². The zero-order chi connectivity index (χ0) is 14.2. The zero-order valence-electron chi connectivity index (χ0n) is 11.3. The first-order valence-corrected chi connectivity index (χ1v) is 6.74. The molecule has 3 aromatic rings. The van der Waals surface area contributed by atoms with Crippen LogP contribution in [0, 0.1) is 12.3 Å². The largest absolute Gasteiger partial charge is 0.382 e. The fraction of sp³-hybridized carbons (Fsp3) is 0.0556. The number of para-hydroxylation sites is 1. The lowest BCUT2D eigenvalue weighted by atomic mass is 10.1. The molecule has 0 unspecified atom stereocenters. The standard InChI is InChI=1S/C18H12N2O/c1-2-11-21-20-18-13-8-4-3-7-12(13)17-16(18)14-9-5-6-10-15(14)19-17/h1,3-10,19H,11H2. The maximum atomic E-state index is 5.24. The van der Waals surface area contributed by atoms with Gasteiger partial charge in [0.25, 0.3) is 0 Å². The number of hydrogen-bond acceptors (Lipinski definition) is 2. The van der Waals surface area contributed by atoms with Gasteiger partial charge in [-0.2, -0.15) is 0 Å². The molecule has 0 saturated heterocycles. The molecule has 0 bridgehead atoms. The van der Waals surface area contributed by atoms with E-state index in [1.54, 1.807) is 0 Å². The average molecular weight is 272 g/mol. The molecule has 0 spiro atoms. The summed E-state index contributed by atoms with van der Waals surface area (Å²) in [5.74, 6) is 2.43. The highest BCUT2D eigenvalue weighted by molar-refractivity contribution is 6.29. The minimum Gasteiger partial charge on any atom is -0.382 e. The van der Waals surface area contributed by atoms with E-state index in [0.29, 0.717) is 0 Å². The van der Waals surface area contributed by atoms with Crippen LogP contribution < -0.4 is 0 Å². The number of aromatic nitrogens is 1. The SMILES string of the molecule is C#CCON=C1c2ccccc2-c2[nH]c3ccccc3c21. The highest BCUT2D eigenvalue weighted by atomic mass is 16.6. The van der Waals surface area contributed by atoms with Crippen molar-refractivity contribution in [3.63, 3.8) is 0 Å². The molecule has 1 N–H and O–H groups in total. The van der Waals surface area contributed by atoms with Gasteiger partial charge in [-0.1, -0.05) is 53.5 Å². The van der Waals surface area contributed by atoms with Crippen molar-refractivity contribution in [2.45, 2.75) is 0 Å². The van der Waals surface area contributed by atoms with Gasteiger partial charge in [0.15, 0.2) is 6.61 Å². The second-order valence-corrected chi connectivity index (χ2v) is 4.88. The van der Waals surface area contributed by atoms with E-state index in [1.165, 1.54) is 0 Å². The molecule has 1 heterocycles. The van der Waals surface area contributed by atoms with Crippen LogP contribution in [0.2, 0.25) is 0 Å². The van der Waals surface area contributed by atoms with Crippen LogP contribution in [0.5, 0.6) is 0 Å². The molecule has 3 nitrogen and oxygen atoms in total. The van der Waals surface area contributed by atoms with E-state index < -0.39 is 0 Å². The van der Waals surface area contributed by atoms with E-state index in [2.05, 4.69) is 40.3 Å².